The highest BCUT2D eigenvalue weighted by atomic mass is 16.6. The lowest BCUT2D eigenvalue weighted by molar-refractivity contribution is -0.182. The Morgan fingerprint density at radius 1 is 0.256 bits per heavy atom. The average molecular weight is 1680 g/mol. The number of ether oxygens (including phenoxy) is 8. The highest BCUT2D eigenvalue weighted by Gasteiger charge is 2.45. The fourth-order valence-corrected chi connectivity index (χ4v) is 14.1. The summed E-state index contributed by atoms with van der Waals surface area (Å²) in [6.07, 6.45) is 15.4. The van der Waals surface area contributed by atoms with Gasteiger partial charge in [0.15, 0.2) is 23.7 Å². The van der Waals surface area contributed by atoms with Crippen molar-refractivity contribution in [3.63, 3.8) is 0 Å². The van der Waals surface area contributed by atoms with E-state index in [0.717, 1.165) is 240 Å². The molecule has 0 aliphatic carbocycles. The molecule has 0 heterocycles. The molecule has 34 nitrogen and oxygen atoms in total. The monoisotopic (exact) mass is 1680 g/mol. The van der Waals surface area contributed by atoms with Crippen LogP contribution in [0.25, 0.3) is 0 Å². The summed E-state index contributed by atoms with van der Waals surface area (Å²) in [6, 6.07) is 0. The van der Waals surface area contributed by atoms with Crippen molar-refractivity contribution in [2.24, 2.45) is 86.0 Å². The summed E-state index contributed by atoms with van der Waals surface area (Å²) in [5, 5.41) is 3.41. The molecule has 31 N–H and O–H groups in total. The fraction of sp³-hybridized carbons (Fsp3) is 0.976. The molecule has 0 aliphatic heterocycles. The summed E-state index contributed by atoms with van der Waals surface area (Å²) < 4.78 is 56.1. The lowest BCUT2D eigenvalue weighted by Gasteiger charge is -2.38. The molecule has 0 rings (SSSR count). The average Bonchev–Trinajstić information content (AvgIpc) is 0.815. The summed E-state index contributed by atoms with van der Waals surface area (Å²) >= 11 is 0. The Balaban J connectivity index is 9.25. The highest BCUT2D eigenvalue weighted by molar-refractivity contribution is 5.93. The molecule has 1 amide bonds. The number of nitrogens with zero attached hydrogens (tertiary/aromatic N) is 8. The van der Waals surface area contributed by atoms with E-state index in [-0.39, 0.29) is 65.9 Å². The molecule has 0 aromatic carbocycles. The number of nitrogens with two attached hydrogens (primary N) is 15. The number of unbranched alkanes of at least 4 members (excludes halogenated alkanes) is 1. The molecule has 0 saturated carbocycles. The number of amides is 1. The normalized spacial score (nSPS) is 13.4. The van der Waals surface area contributed by atoms with E-state index in [1.807, 2.05) is 0 Å². The number of hydrogen-bond donors (Lipinski definition) is 16. The lowest BCUT2D eigenvalue weighted by atomic mass is 9.93. The molecular weight excluding hydrogens is 1490 g/mol. The van der Waals surface area contributed by atoms with Crippen LogP contribution >= 0.6 is 0 Å². The molecule has 700 valence electrons. The maximum atomic E-state index is 16.8. The number of nitrogens with one attached hydrogen (secondary N) is 1. The van der Waals surface area contributed by atoms with Crippen molar-refractivity contribution < 1.29 is 47.5 Å². The van der Waals surface area contributed by atoms with Crippen LogP contribution in [0.5, 0.6) is 0 Å². The smallest absolute Gasteiger partial charge is 0.254 e. The third-order valence-corrected chi connectivity index (χ3v) is 20.8. The predicted molar refractivity (Wildman–Crippen MR) is 482 cm³/mol. The third kappa shape index (κ3) is 64.3. The van der Waals surface area contributed by atoms with Gasteiger partial charge in [-0.05, 0) is 351 Å². The van der Waals surface area contributed by atoms with E-state index >= 15 is 9.59 Å². The summed E-state index contributed by atoms with van der Waals surface area (Å²) in [6.45, 7) is 30.6. The Morgan fingerprint density at radius 3 is 0.761 bits per heavy atom. The second-order valence-corrected chi connectivity index (χ2v) is 31.5. The maximum absolute atomic E-state index is 16.8. The molecule has 0 aromatic heterocycles. The SMILES string of the molecule is CCCCN(CCCN)CCCOC(COCCCN(CCCN)CCCN)(COCCCN(CCCN)CCCN)CC(=O)C(OCCCN(CCCN)CCCN)C(OCCCN(CCCN)CCCN)C(=O)NC(COCCCN(CCCN)CCCN)(COCCN(CCCN)CCCN)OCCCN(CCCN)CCCN. The van der Waals surface area contributed by atoms with Gasteiger partial charge in [0.05, 0.1) is 39.6 Å². The van der Waals surface area contributed by atoms with E-state index in [2.05, 4.69) is 51.4 Å². The first kappa shape index (κ1) is 115. The maximum Gasteiger partial charge on any atom is 0.254 e. The largest absolute Gasteiger partial charge is 0.378 e. The summed E-state index contributed by atoms with van der Waals surface area (Å²) in [5.41, 5.74) is 88.1. The van der Waals surface area contributed by atoms with Crippen LogP contribution in [0, 0.1) is 0 Å². The van der Waals surface area contributed by atoms with Crippen LogP contribution < -0.4 is 91.3 Å². The van der Waals surface area contributed by atoms with E-state index < -0.39 is 35.2 Å². The minimum absolute atomic E-state index is 0.00547. The second-order valence-electron chi connectivity index (χ2n) is 31.5. The Hall–Kier alpha value is -2.10. The van der Waals surface area contributed by atoms with Crippen LogP contribution in [-0.2, 0) is 47.5 Å². The van der Waals surface area contributed by atoms with Crippen molar-refractivity contribution in [1.82, 2.24) is 44.5 Å². The molecule has 0 spiro atoms. The standard InChI is InChI=1S/C83H188N24O10/c1-2-3-41-100(42-4-26-84)62-24-70-116-82(74-110-65-19-57-101(43-5-27-85)44-6-28-86,75-111-66-20-58-102(45-7-29-87)46-8-30-88)73-78(108)79(114-68-22-60-104(49-11-33-91)50-12-34-92)80(115-69-23-61-105(51-13-35-93)52-14-36-94)81(109)99-83(77-113-72-64-107(55-17-39-97)56-18-40-98,117-71-25-63-106(53-15-37-95)54-16-38-96)76-112-67-21-59-103(47-9-31-89)48-10-32-90/h79-80H,2-77,84-98H2,1H3,(H,99,109). The molecule has 0 radical (unpaired) electrons. The van der Waals surface area contributed by atoms with Gasteiger partial charge in [-0.2, -0.15) is 0 Å². The first-order valence-electron chi connectivity index (χ1n) is 46.2. The van der Waals surface area contributed by atoms with Gasteiger partial charge < -0.3 is 168 Å². The Kier molecular flexibility index (Phi) is 83.2. The molecule has 0 aliphatic rings. The Bertz CT molecular complexity index is 1980. The number of ketones is 1. The summed E-state index contributed by atoms with van der Waals surface area (Å²) in [5.74, 6) is -1.06. The third-order valence-electron chi connectivity index (χ3n) is 20.8. The molecule has 117 heavy (non-hydrogen) atoms. The quantitative estimate of drug-likeness (QED) is 0.0245. The number of hydrogen-bond acceptors (Lipinski definition) is 33. The van der Waals surface area contributed by atoms with Gasteiger partial charge in [0.2, 0.25) is 0 Å². The van der Waals surface area contributed by atoms with E-state index in [4.69, 9.17) is 124 Å². The van der Waals surface area contributed by atoms with E-state index in [9.17, 15) is 0 Å². The van der Waals surface area contributed by atoms with Crippen molar-refractivity contribution >= 4 is 11.7 Å². The number of carbonyl (C=O) groups is 2. The minimum Gasteiger partial charge on any atom is -0.378 e. The number of carbonyl (C=O) groups excluding carboxylic acids is 2. The Morgan fingerprint density at radius 2 is 0.479 bits per heavy atom. The molecule has 0 aromatic rings. The summed E-state index contributed by atoms with van der Waals surface area (Å²) in [7, 11) is 0. The van der Waals surface area contributed by atoms with Gasteiger partial charge >= 0.3 is 0 Å². The Labute approximate surface area is 712 Å². The van der Waals surface area contributed by atoms with Gasteiger partial charge in [-0.3, -0.25) is 9.59 Å². The van der Waals surface area contributed by atoms with Gasteiger partial charge in [0.1, 0.15) is 5.60 Å². The second kappa shape index (κ2) is 84.7. The molecular formula is C83H188N24O10. The van der Waals surface area contributed by atoms with E-state index in [1.54, 1.807) is 0 Å². The molecule has 34 heteroatoms. The summed E-state index contributed by atoms with van der Waals surface area (Å²) in [4.78, 5) is 52.4. The zero-order chi connectivity index (χ0) is 86.0. The highest BCUT2D eigenvalue weighted by Crippen LogP contribution is 2.25. The van der Waals surface area contributed by atoms with Gasteiger partial charge in [0, 0.05) is 98.4 Å². The lowest BCUT2D eigenvalue weighted by Crippen LogP contribution is -2.62. The van der Waals surface area contributed by atoms with Crippen molar-refractivity contribution in [2.45, 2.75) is 191 Å². The van der Waals surface area contributed by atoms with E-state index in [0.29, 0.717) is 189 Å². The van der Waals surface area contributed by atoms with Crippen molar-refractivity contribution in [2.75, 3.05) is 335 Å². The minimum atomic E-state index is -1.64. The zero-order valence-corrected chi connectivity index (χ0v) is 74.7. The van der Waals surface area contributed by atoms with Crippen LogP contribution in [0.15, 0.2) is 0 Å². The van der Waals surface area contributed by atoms with Crippen LogP contribution in [0.4, 0.5) is 0 Å². The van der Waals surface area contributed by atoms with Gasteiger partial charge in [-0.15, -0.1) is 0 Å². The van der Waals surface area contributed by atoms with Crippen molar-refractivity contribution in [1.29, 1.82) is 0 Å². The first-order chi connectivity index (χ1) is 57.2. The van der Waals surface area contributed by atoms with Crippen LogP contribution in [0.3, 0.4) is 0 Å². The first-order valence-corrected chi connectivity index (χ1v) is 46.2. The fourth-order valence-electron chi connectivity index (χ4n) is 14.1. The van der Waals surface area contributed by atoms with Gasteiger partial charge in [-0.1, -0.05) is 13.3 Å². The molecule has 0 bridgehead atoms. The van der Waals surface area contributed by atoms with Crippen molar-refractivity contribution in [3.8, 4) is 0 Å². The van der Waals surface area contributed by atoms with E-state index in [1.165, 1.54) is 0 Å². The van der Waals surface area contributed by atoms with Crippen LogP contribution in [-0.4, -0.2) is 409 Å². The van der Waals surface area contributed by atoms with Gasteiger partial charge in [-0.25, -0.2) is 0 Å². The van der Waals surface area contributed by atoms with Crippen LogP contribution in [0.1, 0.15) is 167 Å². The molecule has 3 atom stereocenters. The predicted octanol–water partition coefficient (Wildman–Crippen LogP) is -1.45. The van der Waals surface area contributed by atoms with Crippen LogP contribution in [0.2, 0.25) is 0 Å². The van der Waals surface area contributed by atoms with Crippen molar-refractivity contribution in [3.05, 3.63) is 0 Å². The molecule has 0 saturated heterocycles. The zero-order valence-electron chi connectivity index (χ0n) is 74.7. The number of rotatable bonds is 97. The molecule has 0 fully saturated rings. The van der Waals surface area contributed by atoms with Gasteiger partial charge in [0.25, 0.3) is 5.91 Å². The molecule has 3 unspecified atom stereocenters. The topological polar surface area (TPSA) is 536 Å². The number of Topliss-reactive ketones (excluding diaryl/α,β-unsaturated/α-hetero) is 1.